The van der Waals surface area contributed by atoms with Crippen LogP contribution in [0.3, 0.4) is 0 Å². The number of fused-ring (bicyclic) bond motifs is 1. The van der Waals surface area contributed by atoms with E-state index in [1.165, 1.54) is 0 Å². The van der Waals surface area contributed by atoms with E-state index in [0.29, 0.717) is 17.9 Å². The highest BCUT2D eigenvalue weighted by Gasteiger charge is 2.30. The molecule has 178 valence electrons. The SMILES string of the molecule is CC1=C(c2ccc(C#N)cc2)C(c2ccc(OCCN3CC(CF)C3)cc2)Oc2cc(O)ccc21. The van der Waals surface area contributed by atoms with E-state index in [1.54, 1.807) is 12.1 Å². The van der Waals surface area contributed by atoms with Gasteiger partial charge in [0.15, 0.2) is 0 Å². The second-order valence-electron chi connectivity index (χ2n) is 9.10. The van der Waals surface area contributed by atoms with Gasteiger partial charge in [0.2, 0.25) is 0 Å². The van der Waals surface area contributed by atoms with Crippen molar-refractivity contribution >= 4 is 11.1 Å². The number of alkyl halides is 1. The van der Waals surface area contributed by atoms with Gasteiger partial charge >= 0.3 is 0 Å². The van der Waals surface area contributed by atoms with Gasteiger partial charge in [0, 0.05) is 42.8 Å². The van der Waals surface area contributed by atoms with Gasteiger partial charge in [0.05, 0.1) is 18.3 Å². The van der Waals surface area contributed by atoms with Gasteiger partial charge in [-0.25, -0.2) is 0 Å². The molecule has 6 heteroatoms. The Morgan fingerprint density at radius 1 is 1.09 bits per heavy atom. The molecule has 1 atom stereocenters. The van der Waals surface area contributed by atoms with Crippen LogP contribution in [0.1, 0.15) is 35.3 Å². The van der Waals surface area contributed by atoms with Crippen molar-refractivity contribution < 1.29 is 19.0 Å². The van der Waals surface area contributed by atoms with E-state index in [4.69, 9.17) is 9.47 Å². The molecule has 1 unspecified atom stereocenters. The van der Waals surface area contributed by atoms with Crippen LogP contribution in [0.2, 0.25) is 0 Å². The standard InChI is InChI=1S/C29H27FN2O3/c1-19-26-11-8-24(33)14-27(26)35-29(28(19)22-4-2-20(16-31)3-5-22)23-6-9-25(10-7-23)34-13-12-32-17-21(15-30)18-32/h2-11,14,21,29,33H,12-13,15,17-18H2,1H3. The summed E-state index contributed by atoms with van der Waals surface area (Å²) >= 11 is 0. The fourth-order valence-electron chi connectivity index (χ4n) is 4.76. The molecule has 35 heavy (non-hydrogen) atoms. The Morgan fingerprint density at radius 3 is 2.51 bits per heavy atom. The molecule has 1 saturated heterocycles. The third-order valence-electron chi connectivity index (χ3n) is 6.72. The number of hydrogen-bond donors (Lipinski definition) is 1. The molecule has 0 radical (unpaired) electrons. The van der Waals surface area contributed by atoms with E-state index < -0.39 is 0 Å². The summed E-state index contributed by atoms with van der Waals surface area (Å²) in [5.41, 5.74) is 5.54. The van der Waals surface area contributed by atoms with Crippen molar-refractivity contribution in [2.75, 3.05) is 32.9 Å². The molecule has 5 nitrogen and oxygen atoms in total. The maximum absolute atomic E-state index is 12.6. The Labute approximate surface area is 204 Å². The van der Waals surface area contributed by atoms with E-state index >= 15 is 0 Å². The van der Waals surface area contributed by atoms with Crippen LogP contribution in [0.4, 0.5) is 4.39 Å². The molecular weight excluding hydrogens is 443 g/mol. The first-order chi connectivity index (χ1) is 17.1. The zero-order valence-corrected chi connectivity index (χ0v) is 19.6. The molecule has 0 bridgehead atoms. The first-order valence-corrected chi connectivity index (χ1v) is 11.8. The smallest absolute Gasteiger partial charge is 0.150 e. The lowest BCUT2D eigenvalue weighted by Gasteiger charge is -2.37. The van der Waals surface area contributed by atoms with E-state index in [0.717, 1.165) is 53.2 Å². The van der Waals surface area contributed by atoms with Crippen LogP contribution in [0.25, 0.3) is 11.1 Å². The summed E-state index contributed by atoms with van der Waals surface area (Å²) in [6.45, 7) is 4.76. The molecule has 0 aliphatic carbocycles. The highest BCUT2D eigenvalue weighted by atomic mass is 19.1. The Bertz CT molecular complexity index is 1270. The third kappa shape index (κ3) is 4.73. The molecule has 1 N–H and O–H groups in total. The summed E-state index contributed by atoms with van der Waals surface area (Å²) in [7, 11) is 0. The van der Waals surface area contributed by atoms with Crippen molar-refractivity contribution in [3.05, 3.63) is 89.0 Å². The van der Waals surface area contributed by atoms with Crippen LogP contribution in [-0.4, -0.2) is 42.9 Å². The number of phenols is 1. The van der Waals surface area contributed by atoms with Gasteiger partial charge in [-0.3, -0.25) is 9.29 Å². The van der Waals surface area contributed by atoms with E-state index in [1.807, 2.05) is 54.6 Å². The molecule has 2 aliphatic rings. The largest absolute Gasteiger partial charge is 0.508 e. The molecule has 3 aromatic rings. The van der Waals surface area contributed by atoms with Crippen LogP contribution >= 0.6 is 0 Å². The zero-order valence-electron chi connectivity index (χ0n) is 19.6. The normalized spacial score (nSPS) is 17.8. The van der Waals surface area contributed by atoms with Gasteiger partial charge in [-0.15, -0.1) is 0 Å². The summed E-state index contributed by atoms with van der Waals surface area (Å²) in [4.78, 5) is 2.19. The molecule has 3 aromatic carbocycles. The Morgan fingerprint density at radius 2 is 1.83 bits per heavy atom. The Kier molecular flexibility index (Phi) is 6.43. The number of ether oxygens (including phenoxy) is 2. The number of rotatable bonds is 7. The summed E-state index contributed by atoms with van der Waals surface area (Å²) < 4.78 is 24.9. The minimum Gasteiger partial charge on any atom is -0.508 e. The molecule has 2 aliphatic heterocycles. The van der Waals surface area contributed by atoms with Crippen LogP contribution in [0, 0.1) is 17.2 Å². The molecule has 0 spiro atoms. The first-order valence-electron chi connectivity index (χ1n) is 11.8. The van der Waals surface area contributed by atoms with Crippen LogP contribution in [-0.2, 0) is 0 Å². The minimum absolute atomic E-state index is 0.154. The molecule has 1 fully saturated rings. The monoisotopic (exact) mass is 470 g/mol. The number of hydrogen-bond acceptors (Lipinski definition) is 5. The average Bonchev–Trinajstić information content (AvgIpc) is 2.85. The maximum atomic E-state index is 12.6. The lowest BCUT2D eigenvalue weighted by Crippen LogP contribution is -2.49. The Hall–Kier alpha value is -3.82. The van der Waals surface area contributed by atoms with Crippen LogP contribution in [0.5, 0.6) is 17.2 Å². The highest BCUT2D eigenvalue weighted by molar-refractivity contribution is 5.95. The first kappa shape index (κ1) is 22.9. The van der Waals surface area contributed by atoms with Crippen molar-refractivity contribution in [2.45, 2.75) is 13.0 Å². The van der Waals surface area contributed by atoms with Crippen molar-refractivity contribution in [3.63, 3.8) is 0 Å². The van der Waals surface area contributed by atoms with E-state index in [2.05, 4.69) is 17.9 Å². The van der Waals surface area contributed by atoms with Gasteiger partial charge in [-0.2, -0.15) is 5.26 Å². The summed E-state index contributed by atoms with van der Waals surface area (Å²) in [5, 5.41) is 19.2. The number of nitriles is 1. The van der Waals surface area contributed by atoms with Crippen molar-refractivity contribution in [2.24, 2.45) is 5.92 Å². The fourth-order valence-corrected chi connectivity index (χ4v) is 4.76. The lowest BCUT2D eigenvalue weighted by molar-refractivity contribution is 0.0668. The fraction of sp³-hybridized carbons (Fsp3) is 0.276. The molecule has 0 amide bonds. The number of halogens is 1. The summed E-state index contributed by atoms with van der Waals surface area (Å²) in [6, 6.07) is 22.7. The number of benzene rings is 3. The van der Waals surface area contributed by atoms with Gasteiger partial charge in [0.1, 0.15) is 30.0 Å². The van der Waals surface area contributed by atoms with E-state index in [9.17, 15) is 14.8 Å². The predicted octanol–water partition coefficient (Wildman–Crippen LogP) is 5.61. The van der Waals surface area contributed by atoms with Crippen molar-refractivity contribution in [1.82, 2.24) is 4.90 Å². The summed E-state index contributed by atoms with van der Waals surface area (Å²) in [5.74, 6) is 1.73. The Balaban J connectivity index is 1.38. The summed E-state index contributed by atoms with van der Waals surface area (Å²) in [6.07, 6.45) is -0.384. The lowest BCUT2D eigenvalue weighted by atomic mass is 9.86. The zero-order chi connectivity index (χ0) is 24.4. The van der Waals surface area contributed by atoms with Gasteiger partial charge in [-0.05, 0) is 60.0 Å². The topological polar surface area (TPSA) is 65.7 Å². The molecule has 0 saturated carbocycles. The quantitative estimate of drug-likeness (QED) is 0.486. The number of phenolic OH excluding ortho intramolecular Hbond substituents is 1. The van der Waals surface area contributed by atoms with Crippen LogP contribution in [0.15, 0.2) is 66.7 Å². The highest BCUT2D eigenvalue weighted by Crippen LogP contribution is 2.47. The average molecular weight is 471 g/mol. The number of nitrogens with zero attached hydrogens (tertiary/aromatic N) is 2. The van der Waals surface area contributed by atoms with Gasteiger partial charge in [0.25, 0.3) is 0 Å². The second-order valence-corrected chi connectivity index (χ2v) is 9.10. The molecule has 5 rings (SSSR count). The molecular formula is C29H27FN2O3. The number of aromatic hydroxyl groups is 1. The van der Waals surface area contributed by atoms with Crippen molar-refractivity contribution in [3.8, 4) is 23.3 Å². The maximum Gasteiger partial charge on any atom is 0.150 e. The number of likely N-dealkylation sites (tertiary alicyclic amines) is 1. The molecule has 2 heterocycles. The minimum atomic E-state index is -0.384. The van der Waals surface area contributed by atoms with Crippen molar-refractivity contribution in [1.29, 1.82) is 5.26 Å². The third-order valence-corrected chi connectivity index (χ3v) is 6.72. The van der Waals surface area contributed by atoms with Gasteiger partial charge in [-0.1, -0.05) is 24.3 Å². The second kappa shape index (κ2) is 9.81. The number of allylic oxidation sites excluding steroid dienone is 1. The molecule has 0 aromatic heterocycles. The van der Waals surface area contributed by atoms with Gasteiger partial charge < -0.3 is 14.6 Å². The predicted molar refractivity (Wildman–Crippen MR) is 133 cm³/mol. The van der Waals surface area contributed by atoms with Crippen LogP contribution < -0.4 is 9.47 Å². The van der Waals surface area contributed by atoms with E-state index in [-0.39, 0.29) is 24.4 Å².